The molecule has 0 amide bonds. The van der Waals surface area contributed by atoms with Crippen molar-refractivity contribution in [2.75, 3.05) is 0 Å². The van der Waals surface area contributed by atoms with E-state index in [9.17, 15) is 0 Å². The Kier molecular flexibility index (Phi) is 2.75. The minimum Gasteiger partial charge on any atom is -0.457 e. The molecule has 1 aromatic carbocycles. The molecule has 2 aromatic rings. The zero-order valence-corrected chi connectivity index (χ0v) is 10.2. The normalized spacial score (nSPS) is 16.6. The molecule has 1 aliphatic rings. The van der Waals surface area contributed by atoms with E-state index in [1.807, 2.05) is 37.3 Å². The Labute approximate surface area is 109 Å². The quantitative estimate of drug-likeness (QED) is 0.843. The predicted octanol–water partition coefficient (Wildman–Crippen LogP) is 2.74. The Morgan fingerprint density at radius 1 is 1.16 bits per heavy atom. The third-order valence-corrected chi connectivity index (χ3v) is 2.92. The Bertz CT molecular complexity index is 607. The van der Waals surface area contributed by atoms with Gasteiger partial charge >= 0.3 is 0 Å². The third-order valence-electron chi connectivity index (χ3n) is 2.92. The first-order chi connectivity index (χ1) is 9.29. The van der Waals surface area contributed by atoms with Crippen molar-refractivity contribution in [1.82, 2.24) is 10.6 Å². The maximum absolute atomic E-state index is 5.91. The molecule has 19 heavy (non-hydrogen) atoms. The van der Waals surface area contributed by atoms with Crippen LogP contribution in [0.5, 0.6) is 0 Å². The molecule has 0 saturated carbocycles. The summed E-state index contributed by atoms with van der Waals surface area (Å²) in [6, 6.07) is 11.5. The van der Waals surface area contributed by atoms with E-state index < -0.39 is 5.60 Å². The fourth-order valence-corrected chi connectivity index (χ4v) is 1.90. The molecule has 1 aromatic heterocycles. The Balaban J connectivity index is 2.03. The van der Waals surface area contributed by atoms with Crippen LogP contribution in [0.3, 0.4) is 0 Å². The zero-order valence-electron chi connectivity index (χ0n) is 10.2. The van der Waals surface area contributed by atoms with Crippen molar-refractivity contribution in [3.63, 3.8) is 0 Å². The lowest BCUT2D eigenvalue weighted by Crippen LogP contribution is -2.27. The van der Waals surface area contributed by atoms with E-state index in [0.29, 0.717) is 11.6 Å². The van der Waals surface area contributed by atoms with Gasteiger partial charge in [0.25, 0.3) is 5.88 Å². The van der Waals surface area contributed by atoms with Crippen molar-refractivity contribution < 1.29 is 9.26 Å². The average Bonchev–Trinajstić information content (AvgIpc) is 3.12. The number of rotatable bonds is 4. The standard InChI is InChI=1S/C13H11N4O2/c1-13(11-7-8-18-16-11,10-5-3-2-4-6-10)19-12-9-14-17-15-12/h2-9H,1H3. The monoisotopic (exact) mass is 255 g/mol. The fraction of sp³-hybridized carbons (Fsp3) is 0.154. The summed E-state index contributed by atoms with van der Waals surface area (Å²) in [5.74, 6) is 0.342. The molecule has 1 atom stereocenters. The summed E-state index contributed by atoms with van der Waals surface area (Å²) in [4.78, 5) is 0. The van der Waals surface area contributed by atoms with E-state index in [2.05, 4.69) is 20.9 Å². The molecule has 0 bridgehead atoms. The van der Waals surface area contributed by atoms with Crippen molar-refractivity contribution in [3.05, 3.63) is 66.0 Å². The molecule has 6 nitrogen and oxygen atoms in total. The Morgan fingerprint density at radius 2 is 2.00 bits per heavy atom. The molecular formula is C13H11N4O2. The van der Waals surface area contributed by atoms with Crippen molar-refractivity contribution in [2.24, 2.45) is 10.3 Å². The van der Waals surface area contributed by atoms with E-state index in [4.69, 9.17) is 9.26 Å². The van der Waals surface area contributed by atoms with Crippen LogP contribution in [0.2, 0.25) is 0 Å². The maximum Gasteiger partial charge on any atom is 0.257 e. The van der Waals surface area contributed by atoms with Gasteiger partial charge in [-0.2, -0.15) is 0 Å². The number of hydrogen-bond donors (Lipinski definition) is 0. The van der Waals surface area contributed by atoms with Gasteiger partial charge in [-0.25, -0.2) is 0 Å². The second-order valence-corrected chi connectivity index (χ2v) is 4.16. The number of ether oxygens (including phenoxy) is 1. The highest BCUT2D eigenvalue weighted by molar-refractivity contribution is 5.31. The lowest BCUT2D eigenvalue weighted by Gasteiger charge is -2.28. The molecule has 1 aliphatic heterocycles. The molecule has 0 spiro atoms. The minimum atomic E-state index is -0.807. The van der Waals surface area contributed by atoms with Gasteiger partial charge in [0.05, 0.1) is 0 Å². The second-order valence-electron chi connectivity index (χ2n) is 4.16. The van der Waals surface area contributed by atoms with Gasteiger partial charge in [-0.3, -0.25) is 0 Å². The van der Waals surface area contributed by atoms with Crippen LogP contribution < -0.4 is 5.43 Å². The van der Waals surface area contributed by atoms with Crippen LogP contribution in [0.1, 0.15) is 18.2 Å². The Morgan fingerprint density at radius 3 is 2.63 bits per heavy atom. The van der Waals surface area contributed by atoms with Gasteiger partial charge in [0.1, 0.15) is 18.2 Å². The SMILES string of the molecule is CC(OC1=C[N]N=N1)(c1ccccc1)c1ccon1. The van der Waals surface area contributed by atoms with E-state index in [1.54, 1.807) is 6.07 Å². The van der Waals surface area contributed by atoms with Crippen LogP contribution in [0.15, 0.2) is 69.6 Å². The molecule has 0 fully saturated rings. The molecule has 95 valence electrons. The van der Waals surface area contributed by atoms with Gasteiger partial charge < -0.3 is 9.26 Å². The molecule has 2 heterocycles. The van der Waals surface area contributed by atoms with Crippen LogP contribution in [0.25, 0.3) is 0 Å². The maximum atomic E-state index is 5.91. The minimum absolute atomic E-state index is 0.342. The highest BCUT2D eigenvalue weighted by atomic mass is 16.5. The molecule has 3 rings (SSSR count). The summed E-state index contributed by atoms with van der Waals surface area (Å²) >= 11 is 0. The zero-order chi connectivity index (χ0) is 13.1. The highest BCUT2D eigenvalue weighted by Gasteiger charge is 2.35. The first-order valence-electron chi connectivity index (χ1n) is 5.75. The van der Waals surface area contributed by atoms with E-state index >= 15 is 0 Å². The third kappa shape index (κ3) is 2.08. The smallest absolute Gasteiger partial charge is 0.257 e. The molecule has 1 unspecified atom stereocenters. The van der Waals surface area contributed by atoms with Gasteiger partial charge in [-0.15, -0.1) is 5.43 Å². The van der Waals surface area contributed by atoms with Crippen molar-refractivity contribution >= 4 is 0 Å². The first kappa shape index (κ1) is 11.5. The number of hydrogen-bond acceptors (Lipinski definition) is 5. The summed E-state index contributed by atoms with van der Waals surface area (Å²) in [7, 11) is 0. The van der Waals surface area contributed by atoms with Crippen molar-refractivity contribution in [2.45, 2.75) is 12.5 Å². The molecule has 6 heteroatoms. The van der Waals surface area contributed by atoms with Gasteiger partial charge in [-0.1, -0.05) is 40.6 Å². The predicted molar refractivity (Wildman–Crippen MR) is 65.6 cm³/mol. The van der Waals surface area contributed by atoms with Crippen molar-refractivity contribution in [3.8, 4) is 0 Å². The van der Waals surface area contributed by atoms with E-state index in [0.717, 1.165) is 5.56 Å². The van der Waals surface area contributed by atoms with Crippen LogP contribution in [-0.2, 0) is 10.3 Å². The number of benzene rings is 1. The van der Waals surface area contributed by atoms with Crippen LogP contribution >= 0.6 is 0 Å². The molecule has 0 saturated heterocycles. The molecular weight excluding hydrogens is 244 g/mol. The average molecular weight is 255 g/mol. The first-order valence-corrected chi connectivity index (χ1v) is 5.75. The van der Waals surface area contributed by atoms with Gasteiger partial charge in [0, 0.05) is 11.6 Å². The lowest BCUT2D eigenvalue weighted by molar-refractivity contribution is 0.0436. The lowest BCUT2D eigenvalue weighted by atomic mass is 9.92. The van der Waals surface area contributed by atoms with E-state index in [1.165, 1.54) is 12.5 Å². The van der Waals surface area contributed by atoms with Gasteiger partial charge in [-0.05, 0) is 12.1 Å². The van der Waals surface area contributed by atoms with Crippen LogP contribution in [-0.4, -0.2) is 5.16 Å². The number of nitrogens with zero attached hydrogens (tertiary/aromatic N) is 4. The van der Waals surface area contributed by atoms with Crippen LogP contribution in [0, 0.1) is 0 Å². The van der Waals surface area contributed by atoms with E-state index in [-0.39, 0.29) is 0 Å². The topological polar surface area (TPSA) is 74.1 Å². The Hall–Kier alpha value is -2.63. The summed E-state index contributed by atoms with van der Waals surface area (Å²) in [6.45, 7) is 1.90. The summed E-state index contributed by atoms with van der Waals surface area (Å²) in [5, 5.41) is 11.3. The van der Waals surface area contributed by atoms with Gasteiger partial charge in [0.2, 0.25) is 0 Å². The van der Waals surface area contributed by atoms with Crippen molar-refractivity contribution in [1.29, 1.82) is 0 Å². The molecule has 1 radical (unpaired) electrons. The molecule has 0 aliphatic carbocycles. The molecule has 0 N–H and O–H groups in total. The summed E-state index contributed by atoms with van der Waals surface area (Å²) < 4.78 is 10.8. The fourth-order valence-electron chi connectivity index (χ4n) is 1.90. The summed E-state index contributed by atoms with van der Waals surface area (Å²) in [6.07, 6.45) is 2.97. The van der Waals surface area contributed by atoms with Crippen LogP contribution in [0.4, 0.5) is 0 Å². The second kappa shape index (κ2) is 4.56. The van der Waals surface area contributed by atoms with Gasteiger partial charge in [0.15, 0.2) is 5.60 Å². The highest BCUT2D eigenvalue weighted by Crippen LogP contribution is 2.35. The number of aromatic nitrogens is 1. The summed E-state index contributed by atoms with van der Waals surface area (Å²) in [5.41, 5.74) is 4.44. The largest absolute Gasteiger partial charge is 0.457 e.